The zero-order valence-corrected chi connectivity index (χ0v) is 7.87. The summed E-state index contributed by atoms with van der Waals surface area (Å²) in [6, 6.07) is 7.90. The van der Waals surface area contributed by atoms with Gasteiger partial charge in [-0.1, -0.05) is 0 Å². The Kier molecular flexibility index (Phi) is 1.63. The van der Waals surface area contributed by atoms with Crippen molar-refractivity contribution in [3.05, 3.63) is 53.7 Å². The Morgan fingerprint density at radius 3 is 2.87 bits per heavy atom. The third-order valence-corrected chi connectivity index (χ3v) is 2.67. The molecule has 0 bridgehead atoms. The van der Waals surface area contributed by atoms with E-state index < -0.39 is 11.6 Å². The normalized spacial score (nSPS) is 12.4. The second kappa shape index (κ2) is 2.86. The van der Waals surface area contributed by atoms with Crippen LogP contribution >= 0.6 is 0 Å². The molecule has 1 aliphatic heterocycles. The number of rotatable bonds is 0. The third-order valence-electron chi connectivity index (χ3n) is 2.67. The van der Waals surface area contributed by atoms with E-state index in [2.05, 4.69) is 0 Å². The molecule has 2 heterocycles. The Morgan fingerprint density at radius 2 is 2.00 bits per heavy atom. The van der Waals surface area contributed by atoms with Gasteiger partial charge in [-0.3, -0.25) is 0 Å². The maximum atomic E-state index is 13.6. The van der Waals surface area contributed by atoms with E-state index in [1.54, 1.807) is 0 Å². The molecule has 1 nitrogen and oxygen atoms in total. The minimum absolute atomic E-state index is 0.484. The van der Waals surface area contributed by atoms with E-state index in [-0.39, 0.29) is 0 Å². The van der Waals surface area contributed by atoms with Gasteiger partial charge in [-0.2, -0.15) is 4.57 Å². The lowest BCUT2D eigenvalue weighted by atomic mass is 10.1. The zero-order chi connectivity index (χ0) is 10.4. The highest BCUT2D eigenvalue weighted by atomic mass is 19.1. The van der Waals surface area contributed by atoms with Crippen LogP contribution in [0.5, 0.6) is 0 Å². The van der Waals surface area contributed by atoms with Gasteiger partial charge < -0.3 is 0 Å². The molecule has 3 heteroatoms. The van der Waals surface area contributed by atoms with Gasteiger partial charge in [-0.05, 0) is 12.1 Å². The summed E-state index contributed by atoms with van der Waals surface area (Å²) in [5.41, 5.74) is 2.04. The summed E-state index contributed by atoms with van der Waals surface area (Å²) in [7, 11) is 0. The van der Waals surface area contributed by atoms with Crippen LogP contribution in [0, 0.1) is 11.6 Å². The first-order valence-electron chi connectivity index (χ1n) is 4.72. The molecule has 0 saturated heterocycles. The van der Waals surface area contributed by atoms with Gasteiger partial charge in [0, 0.05) is 23.8 Å². The number of hydrogen-bond donors (Lipinski definition) is 0. The molecule has 15 heavy (non-hydrogen) atoms. The molecule has 74 valence electrons. The molecule has 0 aliphatic carbocycles. The second-order valence-electron chi connectivity index (χ2n) is 3.64. The number of benzene rings is 1. The molecule has 0 fully saturated rings. The molecular formula is C12H8F2N+. The van der Waals surface area contributed by atoms with Gasteiger partial charge in [0.2, 0.25) is 5.69 Å². The summed E-state index contributed by atoms with van der Waals surface area (Å²) in [6.45, 7) is 0.542. The largest absolute Gasteiger partial charge is 0.216 e. The van der Waals surface area contributed by atoms with E-state index >= 15 is 0 Å². The molecule has 0 atom stereocenters. The monoisotopic (exact) mass is 204 g/mol. The molecule has 1 aromatic carbocycles. The molecule has 0 saturated carbocycles. The van der Waals surface area contributed by atoms with Crippen LogP contribution in [0.1, 0.15) is 5.56 Å². The average molecular weight is 204 g/mol. The van der Waals surface area contributed by atoms with Crippen LogP contribution in [-0.2, 0) is 6.54 Å². The van der Waals surface area contributed by atoms with Gasteiger partial charge in [0.1, 0.15) is 11.6 Å². The maximum Gasteiger partial charge on any atom is 0.216 e. The Balaban J connectivity index is 2.33. The van der Waals surface area contributed by atoms with Gasteiger partial charge in [0.25, 0.3) is 0 Å². The number of nitrogens with zero attached hydrogens (tertiary/aromatic N) is 1. The lowest BCUT2D eigenvalue weighted by molar-refractivity contribution is -0.672. The molecule has 2 aromatic rings. The molecule has 1 aliphatic rings. The minimum atomic E-state index is -0.514. The highest BCUT2D eigenvalue weighted by Gasteiger charge is 2.29. The van der Waals surface area contributed by atoms with Gasteiger partial charge in [0.15, 0.2) is 12.7 Å². The SMILES string of the molecule is Fc1cc(F)c2c(c1)C[n+]1ccccc1-2. The molecule has 0 amide bonds. The van der Waals surface area contributed by atoms with Crippen molar-refractivity contribution < 1.29 is 13.3 Å². The highest BCUT2D eigenvalue weighted by Crippen LogP contribution is 2.29. The van der Waals surface area contributed by atoms with Gasteiger partial charge in [-0.15, -0.1) is 0 Å². The lowest BCUT2D eigenvalue weighted by Gasteiger charge is -1.96. The van der Waals surface area contributed by atoms with Crippen molar-refractivity contribution in [3.63, 3.8) is 0 Å². The summed E-state index contributed by atoms with van der Waals surface area (Å²) in [5.74, 6) is -0.998. The number of fused-ring (bicyclic) bond motifs is 3. The molecular weight excluding hydrogens is 196 g/mol. The average Bonchev–Trinajstić information content (AvgIpc) is 2.54. The van der Waals surface area contributed by atoms with Gasteiger partial charge >= 0.3 is 0 Å². The zero-order valence-electron chi connectivity index (χ0n) is 7.87. The number of halogens is 2. The Labute approximate surface area is 85.6 Å². The van der Waals surface area contributed by atoms with Crippen molar-refractivity contribution in [2.24, 2.45) is 0 Å². The van der Waals surface area contributed by atoms with E-state index in [0.717, 1.165) is 11.8 Å². The minimum Gasteiger partial charge on any atom is -0.207 e. The van der Waals surface area contributed by atoms with Gasteiger partial charge in [0.05, 0.1) is 5.56 Å². The molecule has 1 aromatic heterocycles. The second-order valence-corrected chi connectivity index (χ2v) is 3.64. The third kappa shape index (κ3) is 1.16. The standard InChI is InChI=1S/C12H8F2N/c13-9-5-8-7-15-4-2-1-3-11(15)12(8)10(14)6-9/h1-6H,7H2/q+1. The van der Waals surface area contributed by atoms with Crippen LogP contribution in [0.4, 0.5) is 8.78 Å². The Hall–Kier alpha value is -1.77. The first-order chi connectivity index (χ1) is 7.25. The smallest absolute Gasteiger partial charge is 0.207 e. The van der Waals surface area contributed by atoms with E-state index in [9.17, 15) is 8.78 Å². The fraction of sp³-hybridized carbons (Fsp3) is 0.0833. The summed E-state index contributed by atoms with van der Waals surface area (Å²) < 4.78 is 28.5. The van der Waals surface area contributed by atoms with Crippen LogP contribution < -0.4 is 4.57 Å². The van der Waals surface area contributed by atoms with Crippen LogP contribution in [-0.4, -0.2) is 0 Å². The predicted octanol–water partition coefficient (Wildman–Crippen LogP) is 2.28. The summed E-state index contributed by atoms with van der Waals surface area (Å²) in [4.78, 5) is 0. The van der Waals surface area contributed by atoms with E-state index in [4.69, 9.17) is 0 Å². The lowest BCUT2D eigenvalue weighted by Crippen LogP contribution is -2.31. The van der Waals surface area contributed by atoms with Crippen LogP contribution in [0.25, 0.3) is 11.3 Å². The topological polar surface area (TPSA) is 3.88 Å². The number of hydrogen-bond acceptors (Lipinski definition) is 0. The predicted molar refractivity (Wildman–Crippen MR) is 51.1 cm³/mol. The van der Waals surface area contributed by atoms with Crippen LogP contribution in [0.15, 0.2) is 36.5 Å². The van der Waals surface area contributed by atoms with Crippen molar-refractivity contribution in [1.29, 1.82) is 0 Å². The fourth-order valence-corrected chi connectivity index (χ4v) is 2.06. The molecule has 0 unspecified atom stereocenters. The van der Waals surface area contributed by atoms with Gasteiger partial charge in [-0.25, -0.2) is 8.78 Å². The summed E-state index contributed by atoms with van der Waals surface area (Å²) >= 11 is 0. The van der Waals surface area contributed by atoms with Crippen molar-refractivity contribution in [3.8, 4) is 11.3 Å². The van der Waals surface area contributed by atoms with Crippen molar-refractivity contribution in [2.45, 2.75) is 6.54 Å². The Morgan fingerprint density at radius 1 is 1.13 bits per heavy atom. The highest BCUT2D eigenvalue weighted by molar-refractivity contribution is 5.63. The first-order valence-corrected chi connectivity index (χ1v) is 4.72. The first kappa shape index (κ1) is 8.53. The summed E-state index contributed by atoms with van der Waals surface area (Å²) in [5, 5.41) is 0. The Bertz CT molecular complexity index is 549. The summed E-state index contributed by atoms with van der Waals surface area (Å²) in [6.07, 6.45) is 1.87. The fourth-order valence-electron chi connectivity index (χ4n) is 2.06. The van der Waals surface area contributed by atoms with E-state index in [1.807, 2.05) is 29.0 Å². The van der Waals surface area contributed by atoms with Crippen molar-refractivity contribution >= 4 is 0 Å². The number of aromatic nitrogens is 1. The van der Waals surface area contributed by atoms with Crippen LogP contribution in [0.3, 0.4) is 0 Å². The molecule has 0 radical (unpaired) electrons. The van der Waals surface area contributed by atoms with Crippen LogP contribution in [0.2, 0.25) is 0 Å². The molecule has 3 rings (SSSR count). The van der Waals surface area contributed by atoms with Crippen molar-refractivity contribution in [2.75, 3.05) is 0 Å². The quantitative estimate of drug-likeness (QED) is 0.494. The number of pyridine rings is 1. The molecule has 0 N–H and O–H groups in total. The van der Waals surface area contributed by atoms with E-state index in [0.29, 0.717) is 17.7 Å². The van der Waals surface area contributed by atoms with E-state index in [1.165, 1.54) is 6.07 Å². The molecule has 0 spiro atoms. The maximum absolute atomic E-state index is 13.6. The van der Waals surface area contributed by atoms with Crippen molar-refractivity contribution in [1.82, 2.24) is 0 Å².